The largest absolute Gasteiger partial charge is 0.411 e. The van der Waals surface area contributed by atoms with Gasteiger partial charge in [-0.05, 0) is 50.1 Å². The quantitative estimate of drug-likeness (QED) is 0.455. The van der Waals surface area contributed by atoms with E-state index in [-0.39, 0.29) is 16.7 Å². The van der Waals surface area contributed by atoms with Gasteiger partial charge in [-0.2, -0.15) is 0 Å². The average molecular weight is 494 g/mol. The molecule has 0 spiro atoms. The van der Waals surface area contributed by atoms with Crippen molar-refractivity contribution < 1.29 is 13.4 Å². The first-order valence-corrected chi connectivity index (χ1v) is 18.6. The molecule has 0 aliphatic carbocycles. The molecule has 1 unspecified atom stereocenters. The molecular formula is C20H43N3O3S2Si2. The summed E-state index contributed by atoms with van der Waals surface area (Å²) in [4.78, 5) is 4.78. The van der Waals surface area contributed by atoms with E-state index in [0.717, 1.165) is 5.01 Å². The lowest BCUT2D eigenvalue weighted by Crippen LogP contribution is -2.40. The van der Waals surface area contributed by atoms with Crippen molar-refractivity contribution in [1.82, 2.24) is 4.98 Å². The number of aromatic nitrogens is 1. The molecule has 1 aromatic heterocycles. The minimum Gasteiger partial charge on any atom is -0.411 e. The third-order valence-corrected chi connectivity index (χ3v) is 20.5. The number of methoxy groups -OCH3 is 1. The summed E-state index contributed by atoms with van der Waals surface area (Å²) in [6.07, 6.45) is 0. The van der Waals surface area contributed by atoms with Crippen LogP contribution in [0.4, 0.5) is 0 Å². The Kier molecular flexibility index (Phi) is 8.08. The average Bonchev–Trinajstić information content (AvgIpc) is 2.96. The van der Waals surface area contributed by atoms with Crippen molar-refractivity contribution in [3.63, 3.8) is 0 Å². The van der Waals surface area contributed by atoms with Crippen LogP contribution in [-0.2, 0) is 31.3 Å². The first-order chi connectivity index (χ1) is 13.1. The van der Waals surface area contributed by atoms with Crippen LogP contribution in [0.3, 0.4) is 0 Å². The topological polar surface area (TPSA) is 86.8 Å². The molecule has 10 heteroatoms. The number of ether oxygens (including phenoxy) is 1. The first kappa shape index (κ1) is 27.9. The van der Waals surface area contributed by atoms with E-state index < -0.39 is 32.1 Å². The van der Waals surface area contributed by atoms with Gasteiger partial charge in [-0.1, -0.05) is 41.5 Å². The summed E-state index contributed by atoms with van der Waals surface area (Å²) in [7, 11) is -5.72. The highest BCUT2D eigenvalue weighted by Crippen LogP contribution is 2.41. The summed E-state index contributed by atoms with van der Waals surface area (Å²) in [5.41, 5.74) is 0.0149. The second kappa shape index (κ2) is 8.68. The normalized spacial score (nSPS) is 16.5. The highest BCUT2D eigenvalue weighted by molar-refractivity contribution is 7.94. The van der Waals surface area contributed by atoms with Crippen molar-refractivity contribution in [2.75, 3.05) is 7.11 Å². The van der Waals surface area contributed by atoms with Crippen molar-refractivity contribution in [3.8, 4) is 0 Å². The summed E-state index contributed by atoms with van der Waals surface area (Å²) < 4.78 is 31.1. The molecule has 0 fully saturated rings. The summed E-state index contributed by atoms with van der Waals surface area (Å²) in [6, 6.07) is 0. The lowest BCUT2D eigenvalue weighted by atomic mass is 10.1. The minimum absolute atomic E-state index is 0.0630. The van der Waals surface area contributed by atoms with Crippen molar-refractivity contribution in [1.29, 1.82) is 0 Å². The summed E-state index contributed by atoms with van der Waals surface area (Å²) in [5, 5.41) is 7.16. The molecule has 0 radical (unpaired) electrons. The van der Waals surface area contributed by atoms with Crippen molar-refractivity contribution in [2.24, 2.45) is 9.17 Å². The van der Waals surface area contributed by atoms with Crippen LogP contribution < -0.4 is 5.14 Å². The molecular weight excluding hydrogens is 451 g/mol. The van der Waals surface area contributed by atoms with Gasteiger partial charge in [0.25, 0.3) is 0 Å². The van der Waals surface area contributed by atoms with E-state index in [0.29, 0.717) is 9.90 Å². The Morgan fingerprint density at radius 2 is 1.53 bits per heavy atom. The predicted octanol–water partition coefficient (Wildman–Crippen LogP) is 6.25. The van der Waals surface area contributed by atoms with Gasteiger partial charge in [-0.25, -0.2) is 14.3 Å². The van der Waals surface area contributed by atoms with E-state index in [2.05, 4.69) is 67.7 Å². The van der Waals surface area contributed by atoms with Crippen molar-refractivity contribution >= 4 is 37.8 Å². The summed E-state index contributed by atoms with van der Waals surface area (Å²) in [5.74, 6) is 0. The molecule has 30 heavy (non-hydrogen) atoms. The molecule has 0 saturated heterocycles. The van der Waals surface area contributed by atoms with E-state index in [4.69, 9.17) is 23.3 Å². The van der Waals surface area contributed by atoms with Crippen LogP contribution in [-0.4, -0.2) is 32.9 Å². The van der Waals surface area contributed by atoms with Crippen molar-refractivity contribution in [2.45, 2.75) is 108 Å². The minimum atomic E-state index is -3.11. The van der Waals surface area contributed by atoms with Crippen LogP contribution in [0.15, 0.2) is 8.24 Å². The van der Waals surface area contributed by atoms with Crippen LogP contribution in [0.25, 0.3) is 0 Å². The number of hydrogen-bond acceptors (Lipinski definition) is 6. The van der Waals surface area contributed by atoms with E-state index in [1.54, 1.807) is 7.11 Å². The Labute approximate surface area is 190 Å². The molecule has 1 atom stereocenters. The van der Waals surface area contributed by atoms with Gasteiger partial charge in [0, 0.05) is 7.11 Å². The first-order valence-electron chi connectivity index (χ1n) is 10.3. The molecule has 0 amide bonds. The lowest BCUT2D eigenvalue weighted by Gasteiger charge is -2.36. The molecule has 1 heterocycles. The van der Waals surface area contributed by atoms with Gasteiger partial charge in [0.05, 0.1) is 12.3 Å². The van der Waals surface area contributed by atoms with Crippen LogP contribution in [0, 0.1) is 0 Å². The van der Waals surface area contributed by atoms with Gasteiger partial charge in [0.1, 0.15) is 24.7 Å². The molecule has 0 aliphatic rings. The fourth-order valence-corrected chi connectivity index (χ4v) is 9.43. The number of nitrogens with zero attached hydrogens (tertiary/aromatic N) is 2. The van der Waals surface area contributed by atoms with E-state index in [1.807, 2.05) is 13.8 Å². The molecule has 2 N–H and O–H groups in total. The Morgan fingerprint density at radius 1 is 1.03 bits per heavy atom. The molecule has 1 aromatic rings. The zero-order valence-electron chi connectivity index (χ0n) is 21.2. The van der Waals surface area contributed by atoms with Gasteiger partial charge in [-0.15, -0.1) is 11.3 Å². The molecule has 6 nitrogen and oxygen atoms in total. The van der Waals surface area contributed by atoms with Crippen LogP contribution in [0.2, 0.25) is 36.3 Å². The SMILES string of the molecule is COC(C)(C)c1nc(CO[Si](C)(C)C(C)(C)C)c(S(N)(=O)=N[Si](C)(C)C(C)(C)C)s1. The molecule has 0 aliphatic heterocycles. The van der Waals surface area contributed by atoms with Gasteiger partial charge in [0.2, 0.25) is 0 Å². The maximum atomic E-state index is 13.8. The maximum Gasteiger partial charge on any atom is 0.195 e. The third kappa shape index (κ3) is 6.23. The highest BCUT2D eigenvalue weighted by atomic mass is 32.2. The summed E-state index contributed by atoms with van der Waals surface area (Å²) in [6.45, 7) is 25.7. The molecule has 176 valence electrons. The van der Waals surface area contributed by atoms with Crippen molar-refractivity contribution in [3.05, 3.63) is 10.7 Å². The molecule has 1 rings (SSSR count). The van der Waals surface area contributed by atoms with E-state index in [1.165, 1.54) is 11.3 Å². The molecule has 0 saturated carbocycles. The lowest BCUT2D eigenvalue weighted by molar-refractivity contribution is 0.0188. The Balaban J connectivity index is 3.59. The fourth-order valence-electron chi connectivity index (χ4n) is 1.99. The standard InChI is InChI=1S/C20H43N3O3S2Si2/c1-18(2,3)29(10,11)23-28(21,24)16-15(14-26-30(12,13)19(4,5)6)22-17(27-16)20(7,8)25-9/h14H2,1-13H3,(H2,21,23,24). The van der Waals surface area contributed by atoms with Gasteiger partial charge in [-0.3, -0.25) is 4.03 Å². The smallest absolute Gasteiger partial charge is 0.195 e. The Hall–Kier alpha value is -0.106. The fraction of sp³-hybridized carbons (Fsp3) is 0.850. The summed E-state index contributed by atoms with van der Waals surface area (Å²) >= 11 is 1.33. The van der Waals surface area contributed by atoms with E-state index in [9.17, 15) is 4.21 Å². The molecule has 0 aromatic carbocycles. The number of nitrogens with two attached hydrogens (primary N) is 1. The Bertz CT molecular complexity index is 873. The maximum absolute atomic E-state index is 13.8. The third-order valence-electron chi connectivity index (χ3n) is 6.53. The predicted molar refractivity (Wildman–Crippen MR) is 134 cm³/mol. The number of hydrogen-bond donors (Lipinski definition) is 1. The van der Waals surface area contributed by atoms with E-state index >= 15 is 0 Å². The van der Waals surface area contributed by atoms with Crippen LogP contribution in [0.5, 0.6) is 0 Å². The second-order valence-corrected chi connectivity index (χ2v) is 24.4. The van der Waals surface area contributed by atoms with Gasteiger partial charge in [0.15, 0.2) is 16.6 Å². The second-order valence-electron chi connectivity index (χ2n) is 11.5. The zero-order chi connectivity index (χ0) is 24.0. The Morgan fingerprint density at radius 3 is 1.93 bits per heavy atom. The zero-order valence-corrected chi connectivity index (χ0v) is 24.9. The monoisotopic (exact) mass is 493 g/mol. The number of rotatable bonds is 7. The molecule has 0 bridgehead atoms. The van der Waals surface area contributed by atoms with Crippen LogP contribution in [0.1, 0.15) is 66.1 Å². The van der Waals surface area contributed by atoms with Gasteiger partial charge >= 0.3 is 0 Å². The highest BCUT2D eigenvalue weighted by Gasteiger charge is 2.40. The number of thiazole rings is 1. The van der Waals surface area contributed by atoms with Crippen LogP contribution >= 0.6 is 11.3 Å². The van der Waals surface area contributed by atoms with Gasteiger partial charge < -0.3 is 9.16 Å².